The average molecular weight is 274 g/mol. The molecule has 1 aliphatic rings. The molecule has 0 bridgehead atoms. The zero-order valence-electron chi connectivity index (χ0n) is 13.3. The van der Waals surface area contributed by atoms with Gasteiger partial charge in [0.15, 0.2) is 0 Å². The summed E-state index contributed by atoms with van der Waals surface area (Å²) in [4.78, 5) is 4.27. The summed E-state index contributed by atoms with van der Waals surface area (Å²) in [5.41, 5.74) is 1.37. The number of nitrogens with one attached hydrogen (secondary N) is 1. The molecule has 2 heteroatoms. The molecule has 1 aromatic rings. The third kappa shape index (κ3) is 4.59. The average Bonchev–Trinajstić information content (AvgIpc) is 2.43. The molecule has 1 heterocycles. The van der Waals surface area contributed by atoms with E-state index in [4.69, 9.17) is 0 Å². The highest BCUT2D eigenvalue weighted by atomic mass is 14.9. The van der Waals surface area contributed by atoms with Gasteiger partial charge in [0.1, 0.15) is 0 Å². The minimum absolute atomic E-state index is 0.615. The molecule has 112 valence electrons. The molecule has 20 heavy (non-hydrogen) atoms. The lowest BCUT2D eigenvalue weighted by Crippen LogP contribution is -2.41. The van der Waals surface area contributed by atoms with E-state index in [-0.39, 0.29) is 0 Å². The predicted molar refractivity (Wildman–Crippen MR) is 85.7 cm³/mol. The lowest BCUT2D eigenvalue weighted by Gasteiger charge is -2.37. The van der Waals surface area contributed by atoms with Gasteiger partial charge < -0.3 is 5.32 Å². The minimum Gasteiger partial charge on any atom is -0.313 e. The molecule has 2 rings (SSSR count). The summed E-state index contributed by atoms with van der Waals surface area (Å²) in [6.07, 6.45) is 10.4. The van der Waals surface area contributed by atoms with Crippen LogP contribution < -0.4 is 5.32 Å². The van der Waals surface area contributed by atoms with Crippen LogP contribution in [0.2, 0.25) is 0 Å². The Labute approximate surface area is 124 Å². The molecule has 0 aliphatic heterocycles. The molecule has 0 radical (unpaired) electrons. The number of rotatable bonds is 6. The highest BCUT2D eigenvalue weighted by Gasteiger charge is 2.29. The normalized spacial score (nSPS) is 28.2. The Balaban J connectivity index is 2.02. The van der Waals surface area contributed by atoms with Gasteiger partial charge in [0.2, 0.25) is 0 Å². The molecular formula is C18H30N2. The third-order valence-electron chi connectivity index (χ3n) is 4.62. The van der Waals surface area contributed by atoms with E-state index in [1.807, 2.05) is 12.4 Å². The summed E-state index contributed by atoms with van der Waals surface area (Å²) in [7, 11) is 0. The van der Waals surface area contributed by atoms with Crippen molar-refractivity contribution < 1.29 is 0 Å². The first-order valence-electron chi connectivity index (χ1n) is 8.31. The van der Waals surface area contributed by atoms with Crippen molar-refractivity contribution in [1.29, 1.82) is 0 Å². The maximum Gasteiger partial charge on any atom is 0.0300 e. The second kappa shape index (κ2) is 7.78. The molecule has 1 aromatic heterocycles. The Morgan fingerprint density at radius 2 is 2.00 bits per heavy atom. The Bertz CT molecular complexity index is 366. The molecule has 1 aliphatic carbocycles. The fraction of sp³-hybridized carbons (Fsp3) is 0.722. The van der Waals surface area contributed by atoms with E-state index in [1.165, 1.54) is 31.2 Å². The molecule has 0 spiro atoms. The zero-order valence-corrected chi connectivity index (χ0v) is 13.3. The van der Waals surface area contributed by atoms with Crippen molar-refractivity contribution in [2.24, 2.45) is 17.8 Å². The molecule has 0 aromatic carbocycles. The van der Waals surface area contributed by atoms with E-state index in [0.29, 0.717) is 6.04 Å². The third-order valence-corrected chi connectivity index (χ3v) is 4.62. The van der Waals surface area contributed by atoms with Crippen molar-refractivity contribution in [2.45, 2.75) is 58.9 Å². The number of hydrogen-bond donors (Lipinski definition) is 1. The predicted octanol–water partition coefficient (Wildman–Crippen LogP) is 4.06. The quantitative estimate of drug-likeness (QED) is 0.846. The summed E-state index contributed by atoms with van der Waals surface area (Å²) in [6.45, 7) is 8.22. The first-order valence-corrected chi connectivity index (χ1v) is 8.31. The second-order valence-corrected chi connectivity index (χ2v) is 6.80. The molecule has 3 unspecified atom stereocenters. The monoisotopic (exact) mass is 274 g/mol. The number of aromatic nitrogens is 1. The second-order valence-electron chi connectivity index (χ2n) is 6.80. The Kier molecular flexibility index (Phi) is 6.03. The van der Waals surface area contributed by atoms with Crippen LogP contribution in [0.3, 0.4) is 0 Å². The summed E-state index contributed by atoms with van der Waals surface area (Å²) in [5, 5.41) is 3.80. The van der Waals surface area contributed by atoms with Crippen LogP contribution in [0.5, 0.6) is 0 Å². The van der Waals surface area contributed by atoms with E-state index >= 15 is 0 Å². The number of nitrogens with zero attached hydrogens (tertiary/aromatic N) is 1. The van der Waals surface area contributed by atoms with Crippen LogP contribution in [0, 0.1) is 17.8 Å². The molecule has 0 saturated heterocycles. The minimum atomic E-state index is 0.615. The summed E-state index contributed by atoms with van der Waals surface area (Å²) >= 11 is 0. The van der Waals surface area contributed by atoms with Gasteiger partial charge in [-0.15, -0.1) is 0 Å². The molecular weight excluding hydrogens is 244 g/mol. The van der Waals surface area contributed by atoms with E-state index in [0.717, 1.165) is 30.7 Å². The van der Waals surface area contributed by atoms with Gasteiger partial charge in [-0.3, -0.25) is 4.98 Å². The largest absolute Gasteiger partial charge is 0.313 e. The van der Waals surface area contributed by atoms with Gasteiger partial charge in [0.25, 0.3) is 0 Å². The first kappa shape index (κ1) is 15.5. The molecule has 1 N–H and O–H groups in total. The van der Waals surface area contributed by atoms with Crippen molar-refractivity contribution in [3.8, 4) is 0 Å². The van der Waals surface area contributed by atoms with Crippen LogP contribution >= 0.6 is 0 Å². The summed E-state index contributed by atoms with van der Waals surface area (Å²) < 4.78 is 0. The van der Waals surface area contributed by atoms with Gasteiger partial charge in [-0.2, -0.15) is 0 Å². The molecule has 1 saturated carbocycles. The van der Waals surface area contributed by atoms with E-state index < -0.39 is 0 Å². The number of hydrogen-bond acceptors (Lipinski definition) is 2. The van der Waals surface area contributed by atoms with Gasteiger partial charge in [-0.05, 0) is 68.0 Å². The van der Waals surface area contributed by atoms with Crippen molar-refractivity contribution in [1.82, 2.24) is 10.3 Å². The number of pyridine rings is 1. The highest BCUT2D eigenvalue weighted by molar-refractivity contribution is 5.11. The van der Waals surface area contributed by atoms with Crippen LogP contribution in [0.1, 0.15) is 52.0 Å². The van der Waals surface area contributed by atoms with Gasteiger partial charge >= 0.3 is 0 Å². The van der Waals surface area contributed by atoms with Crippen molar-refractivity contribution in [3.63, 3.8) is 0 Å². The van der Waals surface area contributed by atoms with Crippen molar-refractivity contribution >= 4 is 0 Å². The van der Waals surface area contributed by atoms with Gasteiger partial charge in [-0.1, -0.05) is 26.8 Å². The van der Waals surface area contributed by atoms with Crippen molar-refractivity contribution in [3.05, 3.63) is 30.1 Å². The van der Waals surface area contributed by atoms with Crippen LogP contribution in [0.4, 0.5) is 0 Å². The maximum absolute atomic E-state index is 4.27. The topological polar surface area (TPSA) is 24.9 Å². The van der Waals surface area contributed by atoms with Crippen LogP contribution in [0.25, 0.3) is 0 Å². The van der Waals surface area contributed by atoms with Gasteiger partial charge in [-0.25, -0.2) is 0 Å². The van der Waals surface area contributed by atoms with Crippen LogP contribution in [0.15, 0.2) is 24.5 Å². The highest BCUT2D eigenvalue weighted by Crippen LogP contribution is 2.35. The van der Waals surface area contributed by atoms with E-state index in [1.54, 1.807) is 0 Å². The molecule has 0 amide bonds. The Hall–Kier alpha value is -0.890. The van der Waals surface area contributed by atoms with E-state index in [2.05, 4.69) is 43.2 Å². The summed E-state index contributed by atoms with van der Waals surface area (Å²) in [5.74, 6) is 2.58. The Morgan fingerprint density at radius 1 is 1.25 bits per heavy atom. The fourth-order valence-corrected chi connectivity index (χ4v) is 3.85. The van der Waals surface area contributed by atoms with Crippen molar-refractivity contribution in [2.75, 3.05) is 6.54 Å². The zero-order chi connectivity index (χ0) is 14.4. The fourth-order valence-electron chi connectivity index (χ4n) is 3.85. The summed E-state index contributed by atoms with van der Waals surface area (Å²) in [6, 6.07) is 4.88. The molecule has 3 atom stereocenters. The Morgan fingerprint density at radius 3 is 2.60 bits per heavy atom. The lowest BCUT2D eigenvalue weighted by molar-refractivity contribution is 0.175. The smallest absolute Gasteiger partial charge is 0.0300 e. The first-order chi connectivity index (χ1) is 9.69. The van der Waals surface area contributed by atoms with Gasteiger partial charge in [0.05, 0.1) is 0 Å². The van der Waals surface area contributed by atoms with E-state index in [9.17, 15) is 0 Å². The molecule has 1 fully saturated rings. The van der Waals surface area contributed by atoms with Crippen LogP contribution in [-0.4, -0.2) is 17.6 Å². The SMILES string of the molecule is CCCNC(Cc1cccnc1)C1CC(C)CC(C)C1. The maximum atomic E-state index is 4.27. The standard InChI is InChI=1S/C18H30N2/c1-4-7-20-18(12-16-6-5-8-19-13-16)17-10-14(2)9-15(3)11-17/h5-6,8,13-15,17-18,20H,4,7,9-12H2,1-3H3. The van der Waals surface area contributed by atoms with Crippen LogP contribution in [-0.2, 0) is 6.42 Å². The molecule has 2 nitrogen and oxygen atoms in total. The lowest BCUT2D eigenvalue weighted by atomic mass is 9.72. The van der Waals surface area contributed by atoms with Gasteiger partial charge in [0, 0.05) is 18.4 Å².